The summed E-state index contributed by atoms with van der Waals surface area (Å²) >= 11 is 0. The molecule has 5 nitrogen and oxygen atoms in total. The number of aromatic amines is 1. The summed E-state index contributed by atoms with van der Waals surface area (Å²) in [5.41, 5.74) is 3.36. The molecule has 2 N–H and O–H groups in total. The van der Waals surface area contributed by atoms with Gasteiger partial charge in [0.1, 0.15) is 5.82 Å². The minimum absolute atomic E-state index is 0.169. The van der Waals surface area contributed by atoms with Gasteiger partial charge in [-0.05, 0) is 42.0 Å². The van der Waals surface area contributed by atoms with Crippen molar-refractivity contribution in [3.8, 4) is 11.5 Å². The molecule has 1 aromatic heterocycles. The average molecular weight is 418 g/mol. The van der Waals surface area contributed by atoms with Gasteiger partial charge < -0.3 is 19.8 Å². The Bertz CT molecular complexity index is 1200. The molecule has 0 bridgehead atoms. The van der Waals surface area contributed by atoms with Crippen molar-refractivity contribution < 1.29 is 18.7 Å². The molecule has 1 heterocycles. The Kier molecular flexibility index (Phi) is 5.89. The van der Waals surface area contributed by atoms with Crippen LogP contribution in [0.25, 0.3) is 10.9 Å². The predicted octanol–water partition coefficient (Wildman–Crippen LogP) is 5.48. The number of carbonyl (C=O) groups excluding carboxylic acids is 1. The number of anilines is 1. The highest BCUT2D eigenvalue weighted by molar-refractivity contribution is 5.93. The highest BCUT2D eigenvalue weighted by atomic mass is 19.1. The van der Waals surface area contributed by atoms with Gasteiger partial charge in [0.05, 0.1) is 14.2 Å². The summed E-state index contributed by atoms with van der Waals surface area (Å²) in [6.07, 6.45) is 2.10. The Morgan fingerprint density at radius 3 is 2.48 bits per heavy atom. The van der Waals surface area contributed by atoms with E-state index < -0.39 is 0 Å². The quantitative estimate of drug-likeness (QED) is 0.417. The van der Waals surface area contributed by atoms with Gasteiger partial charge in [-0.25, -0.2) is 4.39 Å². The van der Waals surface area contributed by atoms with Crippen LogP contribution in [-0.2, 0) is 4.79 Å². The number of fused-ring (bicyclic) bond motifs is 1. The molecule has 1 amide bonds. The van der Waals surface area contributed by atoms with E-state index in [1.54, 1.807) is 26.4 Å². The van der Waals surface area contributed by atoms with Crippen LogP contribution in [-0.4, -0.2) is 25.1 Å². The topological polar surface area (TPSA) is 63.3 Å². The first kappa shape index (κ1) is 20.5. The van der Waals surface area contributed by atoms with Crippen LogP contribution in [0.15, 0.2) is 72.9 Å². The van der Waals surface area contributed by atoms with E-state index in [1.165, 1.54) is 12.1 Å². The third-order valence-electron chi connectivity index (χ3n) is 5.32. The SMILES string of the molecule is COc1cccc(C(CC(=O)Nc2ccc(F)cc2)c2c[nH]c3ccccc23)c1OC. The number of H-pyrrole nitrogens is 1. The van der Waals surface area contributed by atoms with Gasteiger partial charge in [0.15, 0.2) is 11.5 Å². The van der Waals surface area contributed by atoms with Crippen LogP contribution >= 0.6 is 0 Å². The van der Waals surface area contributed by atoms with Gasteiger partial charge in [0, 0.05) is 40.7 Å². The first-order valence-electron chi connectivity index (χ1n) is 9.93. The first-order chi connectivity index (χ1) is 15.1. The van der Waals surface area contributed by atoms with Crippen molar-refractivity contribution in [1.82, 2.24) is 4.98 Å². The lowest BCUT2D eigenvalue weighted by Gasteiger charge is -2.21. The van der Waals surface area contributed by atoms with E-state index in [9.17, 15) is 9.18 Å². The summed E-state index contributed by atoms with van der Waals surface area (Å²) in [5, 5.41) is 3.89. The molecular formula is C25H23FN2O3. The lowest BCUT2D eigenvalue weighted by molar-refractivity contribution is -0.116. The Labute approximate surface area is 179 Å². The number of methoxy groups -OCH3 is 2. The van der Waals surface area contributed by atoms with Crippen molar-refractivity contribution in [2.45, 2.75) is 12.3 Å². The molecule has 0 saturated heterocycles. The minimum Gasteiger partial charge on any atom is -0.493 e. The maximum atomic E-state index is 13.2. The lowest BCUT2D eigenvalue weighted by Crippen LogP contribution is -2.17. The molecule has 1 unspecified atom stereocenters. The maximum absolute atomic E-state index is 13.2. The van der Waals surface area contributed by atoms with E-state index >= 15 is 0 Å². The van der Waals surface area contributed by atoms with E-state index in [-0.39, 0.29) is 24.1 Å². The third kappa shape index (κ3) is 4.23. The number of para-hydroxylation sites is 2. The van der Waals surface area contributed by atoms with E-state index in [0.717, 1.165) is 22.0 Å². The van der Waals surface area contributed by atoms with Crippen LogP contribution in [0.3, 0.4) is 0 Å². The van der Waals surface area contributed by atoms with Crippen LogP contribution in [0, 0.1) is 5.82 Å². The average Bonchev–Trinajstić information content (AvgIpc) is 3.22. The van der Waals surface area contributed by atoms with E-state index in [1.807, 2.05) is 48.7 Å². The number of nitrogens with one attached hydrogen (secondary N) is 2. The first-order valence-corrected chi connectivity index (χ1v) is 9.93. The molecule has 0 aliphatic heterocycles. The van der Waals surface area contributed by atoms with Crippen molar-refractivity contribution in [2.24, 2.45) is 0 Å². The van der Waals surface area contributed by atoms with Crippen LogP contribution < -0.4 is 14.8 Å². The van der Waals surface area contributed by atoms with Gasteiger partial charge in [-0.1, -0.05) is 30.3 Å². The molecule has 0 fully saturated rings. The summed E-state index contributed by atoms with van der Waals surface area (Å²) in [4.78, 5) is 16.3. The summed E-state index contributed by atoms with van der Waals surface area (Å²) in [6.45, 7) is 0. The smallest absolute Gasteiger partial charge is 0.225 e. The molecule has 158 valence electrons. The van der Waals surface area contributed by atoms with Gasteiger partial charge in [-0.2, -0.15) is 0 Å². The number of ether oxygens (including phenoxy) is 2. The Hall–Kier alpha value is -3.80. The fraction of sp³-hybridized carbons (Fsp3) is 0.160. The summed E-state index contributed by atoms with van der Waals surface area (Å²) in [7, 11) is 3.18. The van der Waals surface area contributed by atoms with Crippen LogP contribution in [0.1, 0.15) is 23.5 Å². The molecule has 0 spiro atoms. The monoisotopic (exact) mass is 418 g/mol. The number of carbonyl (C=O) groups is 1. The van der Waals surface area contributed by atoms with Crippen molar-refractivity contribution in [2.75, 3.05) is 19.5 Å². The fourth-order valence-corrected chi connectivity index (χ4v) is 3.89. The Morgan fingerprint density at radius 1 is 0.968 bits per heavy atom. The number of hydrogen-bond acceptors (Lipinski definition) is 3. The minimum atomic E-state index is -0.351. The molecule has 0 aliphatic rings. The predicted molar refractivity (Wildman–Crippen MR) is 119 cm³/mol. The standard InChI is InChI=1S/C25H23FN2O3/c1-30-23-9-5-7-19(25(23)31-2)20(21-15-27-22-8-4-3-6-18(21)22)14-24(29)28-17-12-10-16(26)11-13-17/h3-13,15,20,27H,14H2,1-2H3,(H,28,29). The molecule has 4 aromatic rings. The zero-order valence-electron chi connectivity index (χ0n) is 17.3. The number of amides is 1. The summed E-state index contributed by atoms with van der Waals surface area (Å²) in [5.74, 6) is 0.364. The van der Waals surface area contributed by atoms with Gasteiger partial charge in [0.2, 0.25) is 5.91 Å². The molecule has 0 saturated carbocycles. The number of rotatable bonds is 7. The van der Waals surface area contributed by atoms with Crippen molar-refractivity contribution in [3.63, 3.8) is 0 Å². The third-order valence-corrected chi connectivity index (χ3v) is 5.32. The van der Waals surface area contributed by atoms with Crippen LogP contribution in [0.4, 0.5) is 10.1 Å². The Balaban J connectivity index is 1.75. The second-order valence-electron chi connectivity index (χ2n) is 7.18. The molecule has 0 radical (unpaired) electrons. The highest BCUT2D eigenvalue weighted by Gasteiger charge is 2.26. The number of hydrogen-bond donors (Lipinski definition) is 2. The summed E-state index contributed by atoms with van der Waals surface area (Å²) < 4.78 is 24.3. The largest absolute Gasteiger partial charge is 0.493 e. The van der Waals surface area contributed by atoms with Crippen LogP contribution in [0.5, 0.6) is 11.5 Å². The number of aromatic nitrogens is 1. The number of halogens is 1. The van der Waals surface area contributed by atoms with E-state index in [0.29, 0.717) is 17.2 Å². The maximum Gasteiger partial charge on any atom is 0.225 e. The lowest BCUT2D eigenvalue weighted by atomic mass is 9.87. The van der Waals surface area contributed by atoms with Gasteiger partial charge in [-0.15, -0.1) is 0 Å². The molecule has 3 aromatic carbocycles. The molecule has 6 heteroatoms. The van der Waals surface area contributed by atoms with Crippen LogP contribution in [0.2, 0.25) is 0 Å². The molecule has 1 atom stereocenters. The molecule has 0 aliphatic carbocycles. The van der Waals surface area contributed by atoms with Gasteiger partial charge >= 0.3 is 0 Å². The molecular weight excluding hydrogens is 395 g/mol. The number of benzene rings is 3. The van der Waals surface area contributed by atoms with Crippen molar-refractivity contribution in [1.29, 1.82) is 0 Å². The van der Waals surface area contributed by atoms with Gasteiger partial charge in [0.25, 0.3) is 0 Å². The second-order valence-corrected chi connectivity index (χ2v) is 7.18. The van der Waals surface area contributed by atoms with Gasteiger partial charge in [-0.3, -0.25) is 4.79 Å². The van der Waals surface area contributed by atoms with E-state index in [4.69, 9.17) is 9.47 Å². The molecule has 31 heavy (non-hydrogen) atoms. The second kappa shape index (κ2) is 8.92. The molecule has 4 rings (SSSR count). The Morgan fingerprint density at radius 2 is 1.74 bits per heavy atom. The zero-order chi connectivity index (χ0) is 21.8. The van der Waals surface area contributed by atoms with Crippen molar-refractivity contribution >= 4 is 22.5 Å². The fourth-order valence-electron chi connectivity index (χ4n) is 3.89. The normalized spacial score (nSPS) is 11.8. The van der Waals surface area contributed by atoms with E-state index in [2.05, 4.69) is 10.3 Å². The summed E-state index contributed by atoms with van der Waals surface area (Å²) in [6, 6.07) is 19.3. The highest BCUT2D eigenvalue weighted by Crippen LogP contribution is 2.42. The van der Waals surface area contributed by atoms with Crippen molar-refractivity contribution in [3.05, 3.63) is 89.9 Å². The zero-order valence-corrected chi connectivity index (χ0v) is 17.3.